The molecule has 0 bridgehead atoms. The highest BCUT2D eigenvalue weighted by Gasteiger charge is 2.25. The molecule has 1 aromatic carbocycles. The van der Waals surface area contributed by atoms with Gasteiger partial charge in [-0.1, -0.05) is 23.2 Å². The Bertz CT molecular complexity index is 420. The van der Waals surface area contributed by atoms with E-state index in [1.807, 2.05) is 0 Å². The molecule has 0 amide bonds. The van der Waals surface area contributed by atoms with Gasteiger partial charge in [0, 0.05) is 29.7 Å². The Balaban J connectivity index is 2.23. The zero-order chi connectivity index (χ0) is 13.1. The molecule has 2 N–H and O–H groups in total. The maximum Gasteiger partial charge on any atom is 0.138 e. The largest absolute Gasteiger partial charge is 0.495 e. The molecule has 5 heteroatoms. The standard InChI is InChI=1S/C13H17Cl2NO2/c1-17-12-6-10(14)9(5-11(12)15)13(16)8-3-2-4-18-7-8/h5-6,8,13H,2-4,7,16H2,1H3. The fraction of sp³-hybridized carbons (Fsp3) is 0.538. The van der Waals surface area contributed by atoms with Crippen molar-refractivity contribution in [2.24, 2.45) is 11.7 Å². The predicted octanol–water partition coefficient (Wildman–Crippen LogP) is 3.43. The molecule has 0 aliphatic carbocycles. The van der Waals surface area contributed by atoms with Gasteiger partial charge in [0.2, 0.25) is 0 Å². The molecular formula is C13H17Cl2NO2. The zero-order valence-electron chi connectivity index (χ0n) is 10.3. The second-order valence-electron chi connectivity index (χ2n) is 4.51. The highest BCUT2D eigenvalue weighted by atomic mass is 35.5. The summed E-state index contributed by atoms with van der Waals surface area (Å²) in [4.78, 5) is 0. The summed E-state index contributed by atoms with van der Waals surface area (Å²) in [7, 11) is 1.56. The fourth-order valence-corrected chi connectivity index (χ4v) is 2.79. The Labute approximate surface area is 117 Å². The quantitative estimate of drug-likeness (QED) is 0.927. The molecule has 1 aromatic rings. The average molecular weight is 290 g/mol. The number of halogens is 2. The summed E-state index contributed by atoms with van der Waals surface area (Å²) in [5, 5.41) is 1.12. The second kappa shape index (κ2) is 6.11. The van der Waals surface area contributed by atoms with Crippen LogP contribution in [0.2, 0.25) is 10.0 Å². The molecule has 0 saturated carbocycles. The first-order chi connectivity index (χ1) is 8.63. The van der Waals surface area contributed by atoms with E-state index in [4.69, 9.17) is 38.4 Å². The summed E-state index contributed by atoms with van der Waals surface area (Å²) in [6, 6.07) is 3.35. The minimum atomic E-state index is -0.152. The van der Waals surface area contributed by atoms with Crippen molar-refractivity contribution in [3.8, 4) is 5.75 Å². The summed E-state index contributed by atoms with van der Waals surface area (Å²) in [5.41, 5.74) is 7.13. The molecule has 100 valence electrons. The van der Waals surface area contributed by atoms with Gasteiger partial charge >= 0.3 is 0 Å². The number of rotatable bonds is 3. The smallest absolute Gasteiger partial charge is 0.138 e. The SMILES string of the molecule is COc1cc(Cl)c(C(N)C2CCCOC2)cc1Cl. The monoisotopic (exact) mass is 289 g/mol. The molecule has 3 nitrogen and oxygen atoms in total. The lowest BCUT2D eigenvalue weighted by Crippen LogP contribution is -2.29. The van der Waals surface area contributed by atoms with E-state index in [0.29, 0.717) is 28.3 Å². The third-order valence-corrected chi connectivity index (χ3v) is 3.96. The first-order valence-corrected chi connectivity index (χ1v) is 6.75. The van der Waals surface area contributed by atoms with Crippen LogP contribution in [-0.2, 0) is 4.74 Å². The molecular weight excluding hydrogens is 273 g/mol. The lowest BCUT2D eigenvalue weighted by molar-refractivity contribution is 0.0448. The van der Waals surface area contributed by atoms with Gasteiger partial charge < -0.3 is 15.2 Å². The molecule has 1 aliphatic heterocycles. The van der Waals surface area contributed by atoms with Crippen LogP contribution in [-0.4, -0.2) is 20.3 Å². The van der Waals surface area contributed by atoms with Crippen molar-refractivity contribution in [3.05, 3.63) is 27.7 Å². The van der Waals surface area contributed by atoms with Crippen LogP contribution >= 0.6 is 23.2 Å². The van der Waals surface area contributed by atoms with E-state index in [1.54, 1.807) is 19.2 Å². The van der Waals surface area contributed by atoms with Crippen molar-refractivity contribution >= 4 is 23.2 Å². The highest BCUT2D eigenvalue weighted by Crippen LogP contribution is 2.37. The van der Waals surface area contributed by atoms with Crippen molar-refractivity contribution in [2.75, 3.05) is 20.3 Å². The van der Waals surface area contributed by atoms with E-state index >= 15 is 0 Å². The third kappa shape index (κ3) is 2.91. The van der Waals surface area contributed by atoms with Crippen molar-refractivity contribution in [1.29, 1.82) is 0 Å². The van der Waals surface area contributed by atoms with Gasteiger partial charge in [0.05, 0.1) is 18.7 Å². The van der Waals surface area contributed by atoms with Crippen LogP contribution in [0.4, 0.5) is 0 Å². The lowest BCUT2D eigenvalue weighted by Gasteiger charge is -2.28. The number of hydrogen-bond acceptors (Lipinski definition) is 3. The molecule has 1 saturated heterocycles. The van der Waals surface area contributed by atoms with Crippen LogP contribution in [0.3, 0.4) is 0 Å². The first-order valence-electron chi connectivity index (χ1n) is 5.99. The van der Waals surface area contributed by atoms with Gasteiger partial charge in [-0.15, -0.1) is 0 Å². The third-order valence-electron chi connectivity index (χ3n) is 3.33. The number of ether oxygens (including phenoxy) is 2. The molecule has 18 heavy (non-hydrogen) atoms. The summed E-state index contributed by atoms with van der Waals surface area (Å²) in [5.74, 6) is 0.859. The average Bonchev–Trinajstić information content (AvgIpc) is 2.41. The van der Waals surface area contributed by atoms with Gasteiger partial charge in [-0.3, -0.25) is 0 Å². The van der Waals surface area contributed by atoms with E-state index in [0.717, 1.165) is 25.0 Å². The summed E-state index contributed by atoms with van der Waals surface area (Å²) in [6.07, 6.45) is 2.10. The molecule has 1 aliphatic rings. The predicted molar refractivity (Wildman–Crippen MR) is 73.5 cm³/mol. The minimum absolute atomic E-state index is 0.152. The van der Waals surface area contributed by atoms with Crippen molar-refractivity contribution in [2.45, 2.75) is 18.9 Å². The van der Waals surface area contributed by atoms with E-state index < -0.39 is 0 Å². The maximum atomic E-state index is 6.27. The van der Waals surface area contributed by atoms with Gasteiger partial charge in [-0.25, -0.2) is 0 Å². The second-order valence-corrected chi connectivity index (χ2v) is 5.33. The van der Waals surface area contributed by atoms with E-state index in [1.165, 1.54) is 0 Å². The van der Waals surface area contributed by atoms with E-state index in [9.17, 15) is 0 Å². The van der Waals surface area contributed by atoms with Crippen LogP contribution < -0.4 is 10.5 Å². The molecule has 2 unspecified atom stereocenters. The van der Waals surface area contributed by atoms with Crippen LogP contribution in [0, 0.1) is 5.92 Å². The lowest BCUT2D eigenvalue weighted by atomic mass is 9.89. The maximum absolute atomic E-state index is 6.27. The van der Waals surface area contributed by atoms with Crippen molar-refractivity contribution in [3.63, 3.8) is 0 Å². The van der Waals surface area contributed by atoms with Crippen LogP contribution in [0.25, 0.3) is 0 Å². The van der Waals surface area contributed by atoms with Gasteiger partial charge in [0.15, 0.2) is 0 Å². The molecule has 1 fully saturated rings. The Morgan fingerprint density at radius 2 is 2.17 bits per heavy atom. The molecule has 2 rings (SSSR count). The molecule has 0 spiro atoms. The number of benzene rings is 1. The number of hydrogen-bond donors (Lipinski definition) is 1. The number of nitrogens with two attached hydrogens (primary N) is 1. The van der Waals surface area contributed by atoms with Gasteiger partial charge in [0.1, 0.15) is 5.75 Å². The van der Waals surface area contributed by atoms with E-state index in [-0.39, 0.29) is 6.04 Å². The zero-order valence-corrected chi connectivity index (χ0v) is 11.8. The van der Waals surface area contributed by atoms with Crippen molar-refractivity contribution < 1.29 is 9.47 Å². The van der Waals surface area contributed by atoms with Gasteiger partial charge in [-0.05, 0) is 24.5 Å². The van der Waals surface area contributed by atoms with Crippen LogP contribution in [0.15, 0.2) is 12.1 Å². The van der Waals surface area contributed by atoms with E-state index in [2.05, 4.69) is 0 Å². The Hall–Kier alpha value is -0.480. The van der Waals surface area contributed by atoms with Gasteiger partial charge in [-0.2, -0.15) is 0 Å². The highest BCUT2D eigenvalue weighted by molar-refractivity contribution is 6.34. The molecule has 0 radical (unpaired) electrons. The van der Waals surface area contributed by atoms with Crippen LogP contribution in [0.5, 0.6) is 5.75 Å². The molecule has 1 heterocycles. The summed E-state index contributed by atoms with van der Waals surface area (Å²) < 4.78 is 10.6. The Morgan fingerprint density at radius 1 is 1.39 bits per heavy atom. The summed E-state index contributed by atoms with van der Waals surface area (Å²) >= 11 is 12.3. The topological polar surface area (TPSA) is 44.5 Å². The minimum Gasteiger partial charge on any atom is -0.495 e. The Kier molecular flexibility index (Phi) is 4.73. The molecule has 0 aromatic heterocycles. The van der Waals surface area contributed by atoms with Gasteiger partial charge in [0.25, 0.3) is 0 Å². The summed E-state index contributed by atoms with van der Waals surface area (Å²) in [6.45, 7) is 1.50. The fourth-order valence-electron chi connectivity index (χ4n) is 2.26. The van der Waals surface area contributed by atoms with Crippen LogP contribution in [0.1, 0.15) is 24.4 Å². The first kappa shape index (κ1) is 13.9. The Morgan fingerprint density at radius 3 is 2.78 bits per heavy atom. The molecule has 2 atom stereocenters. The number of methoxy groups -OCH3 is 1. The van der Waals surface area contributed by atoms with Crippen molar-refractivity contribution in [1.82, 2.24) is 0 Å². The normalized spacial score (nSPS) is 21.7.